The maximum atomic E-state index is 4.45. The van der Waals surface area contributed by atoms with Crippen LogP contribution in [0.3, 0.4) is 0 Å². The van der Waals surface area contributed by atoms with Gasteiger partial charge in [0.2, 0.25) is 0 Å². The number of allylic oxidation sites excluding steroid dienone is 7. The predicted octanol–water partition coefficient (Wildman–Crippen LogP) is 5.82. The van der Waals surface area contributed by atoms with Gasteiger partial charge in [0.1, 0.15) is 11.6 Å². The molecule has 0 saturated carbocycles. The van der Waals surface area contributed by atoms with E-state index in [-0.39, 0.29) is 0 Å². The highest BCUT2D eigenvalue weighted by molar-refractivity contribution is 5.58. The van der Waals surface area contributed by atoms with Crippen LogP contribution in [0.5, 0.6) is 0 Å². The summed E-state index contributed by atoms with van der Waals surface area (Å²) in [5, 5.41) is 0. The smallest absolute Gasteiger partial charge is 0.138 e. The van der Waals surface area contributed by atoms with Crippen molar-refractivity contribution in [3.05, 3.63) is 84.0 Å². The summed E-state index contributed by atoms with van der Waals surface area (Å²) in [4.78, 5) is 10.6. The molecular weight excluding hydrogens is 294 g/mol. The van der Waals surface area contributed by atoms with E-state index in [4.69, 9.17) is 0 Å². The van der Waals surface area contributed by atoms with Crippen molar-refractivity contribution in [2.75, 3.05) is 4.90 Å². The lowest BCUT2D eigenvalue weighted by Gasteiger charge is -2.24. The molecular formula is C21H27N3. The molecule has 0 aliphatic rings. The Labute approximate surface area is 146 Å². The van der Waals surface area contributed by atoms with Gasteiger partial charge < -0.3 is 0 Å². The van der Waals surface area contributed by atoms with Crippen molar-refractivity contribution < 1.29 is 0 Å². The summed E-state index contributed by atoms with van der Waals surface area (Å²) in [6, 6.07) is 5.79. The Hall–Kier alpha value is -2.68. The minimum absolute atomic E-state index is 0.676. The monoisotopic (exact) mass is 321 g/mol. The van der Waals surface area contributed by atoms with Gasteiger partial charge in [0.15, 0.2) is 0 Å². The number of rotatable bonds is 8. The van der Waals surface area contributed by atoms with Crippen LogP contribution < -0.4 is 4.90 Å². The van der Waals surface area contributed by atoms with Gasteiger partial charge in [0.25, 0.3) is 0 Å². The van der Waals surface area contributed by atoms with E-state index in [2.05, 4.69) is 56.2 Å². The summed E-state index contributed by atoms with van der Waals surface area (Å²) < 4.78 is 0. The molecule has 0 unspecified atom stereocenters. The van der Waals surface area contributed by atoms with Crippen molar-refractivity contribution in [3.8, 4) is 0 Å². The molecule has 1 heterocycles. The lowest BCUT2D eigenvalue weighted by Crippen LogP contribution is -2.20. The first-order valence-corrected chi connectivity index (χ1v) is 8.10. The molecule has 0 spiro atoms. The van der Waals surface area contributed by atoms with Crippen LogP contribution in [0.15, 0.2) is 89.0 Å². The molecule has 24 heavy (non-hydrogen) atoms. The molecule has 3 heteroatoms. The Morgan fingerprint density at radius 3 is 2.54 bits per heavy atom. The largest absolute Gasteiger partial charge is 0.279 e. The summed E-state index contributed by atoms with van der Waals surface area (Å²) in [5.74, 6) is 1.46. The fourth-order valence-electron chi connectivity index (χ4n) is 2.10. The van der Waals surface area contributed by atoms with Gasteiger partial charge in [-0.15, -0.1) is 0 Å². The first-order valence-electron chi connectivity index (χ1n) is 8.10. The van der Waals surface area contributed by atoms with Crippen LogP contribution in [-0.2, 0) is 0 Å². The van der Waals surface area contributed by atoms with Crippen LogP contribution in [0.2, 0.25) is 0 Å². The fraction of sp³-hybridized carbons (Fsp3) is 0.238. The SMILES string of the molecule is C=C/C=C(\N=C)N(C(/C=C\C(C)=C(/C)CC)=C/C)c1ccccn1. The van der Waals surface area contributed by atoms with Gasteiger partial charge in [-0.3, -0.25) is 4.90 Å². The van der Waals surface area contributed by atoms with Gasteiger partial charge in [-0.05, 0) is 58.2 Å². The molecule has 3 nitrogen and oxygen atoms in total. The normalized spacial score (nSPS) is 13.7. The molecule has 0 aromatic carbocycles. The van der Waals surface area contributed by atoms with E-state index >= 15 is 0 Å². The summed E-state index contributed by atoms with van der Waals surface area (Å²) in [7, 11) is 0. The Kier molecular flexibility index (Phi) is 8.20. The van der Waals surface area contributed by atoms with Gasteiger partial charge >= 0.3 is 0 Å². The Morgan fingerprint density at radius 1 is 1.29 bits per heavy atom. The number of aliphatic imine (C=N–C) groups is 1. The van der Waals surface area contributed by atoms with Crippen LogP contribution in [0.25, 0.3) is 0 Å². The maximum Gasteiger partial charge on any atom is 0.138 e. The van der Waals surface area contributed by atoms with E-state index in [1.807, 2.05) is 42.2 Å². The molecule has 0 fully saturated rings. The molecule has 0 radical (unpaired) electrons. The van der Waals surface area contributed by atoms with Crippen molar-refractivity contribution in [1.29, 1.82) is 0 Å². The number of pyridine rings is 1. The van der Waals surface area contributed by atoms with Crippen LogP contribution in [-0.4, -0.2) is 11.7 Å². The Bertz CT molecular complexity index is 676. The van der Waals surface area contributed by atoms with Crippen molar-refractivity contribution in [2.45, 2.75) is 34.1 Å². The van der Waals surface area contributed by atoms with Crippen molar-refractivity contribution in [1.82, 2.24) is 4.98 Å². The number of nitrogens with zero attached hydrogens (tertiary/aromatic N) is 3. The molecule has 0 N–H and O–H groups in total. The number of aromatic nitrogens is 1. The van der Waals surface area contributed by atoms with Gasteiger partial charge in [0.05, 0.1) is 0 Å². The van der Waals surface area contributed by atoms with Crippen LogP contribution >= 0.6 is 0 Å². The first-order chi connectivity index (χ1) is 11.6. The minimum atomic E-state index is 0.676. The molecule has 126 valence electrons. The summed E-state index contributed by atoms with van der Waals surface area (Å²) >= 11 is 0. The lowest BCUT2D eigenvalue weighted by molar-refractivity contribution is 1.03. The zero-order valence-electron chi connectivity index (χ0n) is 15.2. The van der Waals surface area contributed by atoms with Gasteiger partial charge in [-0.25, -0.2) is 9.98 Å². The van der Waals surface area contributed by atoms with E-state index in [1.165, 1.54) is 11.1 Å². The highest BCUT2D eigenvalue weighted by Gasteiger charge is 2.14. The quantitative estimate of drug-likeness (QED) is 0.445. The third-order valence-corrected chi connectivity index (χ3v) is 3.80. The highest BCUT2D eigenvalue weighted by atomic mass is 15.3. The molecule has 1 aromatic heterocycles. The van der Waals surface area contributed by atoms with E-state index < -0.39 is 0 Å². The van der Waals surface area contributed by atoms with Gasteiger partial charge in [-0.1, -0.05) is 48.9 Å². The lowest BCUT2D eigenvalue weighted by atomic mass is 10.1. The zero-order valence-corrected chi connectivity index (χ0v) is 15.2. The summed E-state index contributed by atoms with van der Waals surface area (Å²) in [6.07, 6.45) is 12.6. The fourth-order valence-corrected chi connectivity index (χ4v) is 2.10. The van der Waals surface area contributed by atoms with Crippen LogP contribution in [0.1, 0.15) is 34.1 Å². The zero-order chi connectivity index (χ0) is 17.9. The van der Waals surface area contributed by atoms with Gasteiger partial charge in [0, 0.05) is 11.9 Å². The topological polar surface area (TPSA) is 28.5 Å². The number of hydrogen-bond donors (Lipinski definition) is 0. The Balaban J connectivity index is 3.36. The third-order valence-electron chi connectivity index (χ3n) is 3.80. The molecule has 0 bridgehead atoms. The van der Waals surface area contributed by atoms with E-state index in [0.717, 1.165) is 17.9 Å². The number of hydrogen-bond acceptors (Lipinski definition) is 3. The summed E-state index contributed by atoms with van der Waals surface area (Å²) in [6.45, 7) is 15.9. The second kappa shape index (κ2) is 10.2. The molecule has 1 aromatic rings. The maximum absolute atomic E-state index is 4.45. The van der Waals surface area contributed by atoms with E-state index in [9.17, 15) is 0 Å². The molecule has 0 amide bonds. The first kappa shape index (κ1) is 19.4. The minimum Gasteiger partial charge on any atom is -0.279 e. The standard InChI is InChI=1S/C21H27N3/c1-7-12-20(22-6)24(21-13-10-11-16-23-21)19(9-3)15-14-18(5)17(4)8-2/h7,9-16H,1,6,8H2,2-5H3/b15-14-,18-17+,19-9+,20-12+. The second-order valence-electron chi connectivity index (χ2n) is 5.31. The average molecular weight is 321 g/mol. The van der Waals surface area contributed by atoms with Crippen molar-refractivity contribution in [3.63, 3.8) is 0 Å². The van der Waals surface area contributed by atoms with Crippen molar-refractivity contribution in [2.24, 2.45) is 4.99 Å². The Morgan fingerprint density at radius 2 is 2.04 bits per heavy atom. The second-order valence-corrected chi connectivity index (χ2v) is 5.31. The highest BCUT2D eigenvalue weighted by Crippen LogP contribution is 2.24. The van der Waals surface area contributed by atoms with E-state index in [1.54, 1.807) is 12.3 Å². The molecule has 0 saturated heterocycles. The average Bonchev–Trinajstić information content (AvgIpc) is 2.63. The van der Waals surface area contributed by atoms with Crippen LogP contribution in [0.4, 0.5) is 5.82 Å². The van der Waals surface area contributed by atoms with Crippen LogP contribution in [0, 0.1) is 0 Å². The van der Waals surface area contributed by atoms with E-state index in [0.29, 0.717) is 5.82 Å². The third kappa shape index (κ3) is 5.20. The van der Waals surface area contributed by atoms with Gasteiger partial charge in [-0.2, -0.15) is 0 Å². The summed E-state index contributed by atoms with van der Waals surface area (Å²) in [5.41, 5.74) is 3.60. The van der Waals surface area contributed by atoms with Crippen molar-refractivity contribution >= 4 is 12.5 Å². The molecule has 0 atom stereocenters. The molecule has 0 aliphatic carbocycles. The molecule has 0 aliphatic heterocycles. The number of anilines is 1. The molecule has 1 rings (SSSR count). The predicted molar refractivity (Wildman–Crippen MR) is 106 cm³/mol.